The van der Waals surface area contributed by atoms with Gasteiger partial charge in [0.15, 0.2) is 6.73 Å². The molecule has 0 spiro atoms. The van der Waals surface area contributed by atoms with Gasteiger partial charge in [-0.1, -0.05) is 45.4 Å². The molecular formula is C14H27BF4N2O. The molecule has 0 aliphatic heterocycles. The smallest absolute Gasteiger partial charge is 0.418 e. The van der Waals surface area contributed by atoms with Crippen LogP contribution in [0.5, 0.6) is 0 Å². The second kappa shape index (κ2) is 12.5. The molecule has 0 unspecified atom stereocenters. The number of hydrogen-bond donors (Lipinski definition) is 0. The first kappa shape index (κ1) is 21.0. The van der Waals surface area contributed by atoms with E-state index in [-0.39, 0.29) is 0 Å². The first-order valence-corrected chi connectivity index (χ1v) is 7.79. The Balaban J connectivity index is 0.000000763. The van der Waals surface area contributed by atoms with Crippen LogP contribution in [0.25, 0.3) is 0 Å². The third-order valence-corrected chi connectivity index (χ3v) is 2.96. The number of imidazole rings is 1. The fourth-order valence-electron chi connectivity index (χ4n) is 1.91. The van der Waals surface area contributed by atoms with Gasteiger partial charge in [-0.15, -0.1) is 0 Å². The Hall–Kier alpha value is -1.05. The maximum Gasteiger partial charge on any atom is 0.673 e. The minimum atomic E-state index is -6.00. The van der Waals surface area contributed by atoms with E-state index in [0.29, 0.717) is 6.73 Å². The van der Waals surface area contributed by atoms with Crippen LogP contribution in [0.2, 0.25) is 0 Å². The van der Waals surface area contributed by atoms with Crippen molar-refractivity contribution >= 4 is 7.25 Å². The molecule has 0 atom stereocenters. The molecule has 0 bridgehead atoms. The Labute approximate surface area is 130 Å². The Morgan fingerprint density at radius 3 is 2.05 bits per heavy atom. The summed E-state index contributed by atoms with van der Waals surface area (Å²) in [6, 6.07) is 0. The predicted octanol–water partition coefficient (Wildman–Crippen LogP) is 4.34. The van der Waals surface area contributed by atoms with E-state index >= 15 is 0 Å². The molecule has 1 aromatic rings. The number of ether oxygens (including phenoxy) is 1. The molecule has 0 saturated carbocycles. The summed E-state index contributed by atoms with van der Waals surface area (Å²) in [5.41, 5.74) is 0. The number of unbranched alkanes of at least 4 members (excludes halogenated alkanes) is 6. The molecule has 0 aliphatic carbocycles. The van der Waals surface area contributed by atoms with Crippen molar-refractivity contribution in [3.8, 4) is 0 Å². The summed E-state index contributed by atoms with van der Waals surface area (Å²) >= 11 is 0. The summed E-state index contributed by atoms with van der Waals surface area (Å²) in [4.78, 5) is 0. The molecule has 0 saturated heterocycles. The fraction of sp³-hybridized carbons (Fsp3) is 0.786. The first-order valence-electron chi connectivity index (χ1n) is 7.79. The third-order valence-electron chi connectivity index (χ3n) is 2.96. The molecule has 0 radical (unpaired) electrons. The van der Waals surface area contributed by atoms with Gasteiger partial charge in [0.05, 0.1) is 13.7 Å². The van der Waals surface area contributed by atoms with E-state index in [1.165, 1.54) is 44.9 Å². The molecule has 130 valence electrons. The highest BCUT2D eigenvalue weighted by molar-refractivity contribution is 6.50. The molecule has 0 aromatic carbocycles. The highest BCUT2D eigenvalue weighted by Crippen LogP contribution is 2.07. The average molecular weight is 326 g/mol. The quantitative estimate of drug-likeness (QED) is 0.271. The van der Waals surface area contributed by atoms with E-state index in [2.05, 4.69) is 11.5 Å². The number of aryl methyl sites for hydroxylation is 1. The van der Waals surface area contributed by atoms with Crippen LogP contribution in [0.4, 0.5) is 17.3 Å². The van der Waals surface area contributed by atoms with Gasteiger partial charge in [0.1, 0.15) is 12.4 Å². The number of halogens is 4. The van der Waals surface area contributed by atoms with Crippen molar-refractivity contribution in [2.45, 2.75) is 58.6 Å². The van der Waals surface area contributed by atoms with E-state index in [1.54, 1.807) is 0 Å². The van der Waals surface area contributed by atoms with Crippen molar-refractivity contribution in [2.75, 3.05) is 6.61 Å². The van der Waals surface area contributed by atoms with Gasteiger partial charge in [-0.25, -0.2) is 9.13 Å². The topological polar surface area (TPSA) is 18.0 Å². The Kier molecular flexibility index (Phi) is 11.9. The minimum absolute atomic E-state index is 0.677. The Morgan fingerprint density at radius 1 is 1.00 bits per heavy atom. The Morgan fingerprint density at radius 2 is 1.55 bits per heavy atom. The average Bonchev–Trinajstić information content (AvgIpc) is 2.81. The van der Waals surface area contributed by atoms with Crippen LogP contribution in [0.1, 0.15) is 51.9 Å². The molecule has 3 nitrogen and oxygen atoms in total. The van der Waals surface area contributed by atoms with Gasteiger partial charge < -0.3 is 22.0 Å². The van der Waals surface area contributed by atoms with Crippen molar-refractivity contribution in [1.82, 2.24) is 4.57 Å². The van der Waals surface area contributed by atoms with Gasteiger partial charge in [-0.3, -0.25) is 0 Å². The molecule has 8 heteroatoms. The Bertz CT molecular complexity index is 366. The second-order valence-electron chi connectivity index (χ2n) is 5.25. The summed E-state index contributed by atoms with van der Waals surface area (Å²) < 4.78 is 48.7. The summed E-state index contributed by atoms with van der Waals surface area (Å²) in [5, 5.41) is 0. The SMILES string of the molecule is CCCCCCCCCOCn1cc[n+](C)c1.F[B-](F)(F)F. The van der Waals surface area contributed by atoms with Crippen LogP contribution in [0.15, 0.2) is 18.7 Å². The van der Waals surface area contributed by atoms with E-state index < -0.39 is 7.25 Å². The van der Waals surface area contributed by atoms with Gasteiger partial charge >= 0.3 is 7.25 Å². The van der Waals surface area contributed by atoms with Gasteiger partial charge in [0.25, 0.3) is 0 Å². The van der Waals surface area contributed by atoms with E-state index in [9.17, 15) is 17.3 Å². The van der Waals surface area contributed by atoms with Crippen LogP contribution in [0.3, 0.4) is 0 Å². The molecule has 1 rings (SSSR count). The fourth-order valence-corrected chi connectivity index (χ4v) is 1.91. The molecule has 0 N–H and O–H groups in total. The third kappa shape index (κ3) is 17.0. The molecule has 0 aliphatic rings. The normalized spacial score (nSPS) is 11.2. The lowest BCUT2D eigenvalue weighted by molar-refractivity contribution is -0.671. The second-order valence-corrected chi connectivity index (χ2v) is 5.25. The van der Waals surface area contributed by atoms with Crippen molar-refractivity contribution in [3.05, 3.63) is 18.7 Å². The zero-order valence-corrected chi connectivity index (χ0v) is 13.5. The lowest BCUT2D eigenvalue weighted by Gasteiger charge is -2.02. The number of rotatable bonds is 10. The van der Waals surface area contributed by atoms with Crippen LogP contribution in [-0.4, -0.2) is 18.4 Å². The predicted molar refractivity (Wildman–Crippen MR) is 79.7 cm³/mol. The molecular weight excluding hydrogens is 299 g/mol. The van der Waals surface area contributed by atoms with Gasteiger partial charge in [-0.05, 0) is 6.42 Å². The minimum Gasteiger partial charge on any atom is -0.418 e. The summed E-state index contributed by atoms with van der Waals surface area (Å²) in [5.74, 6) is 0. The molecule has 0 amide bonds. The van der Waals surface area contributed by atoms with Crippen LogP contribution in [-0.2, 0) is 18.5 Å². The molecule has 0 fully saturated rings. The van der Waals surface area contributed by atoms with Gasteiger partial charge in [0, 0.05) is 0 Å². The summed E-state index contributed by atoms with van der Waals surface area (Å²) in [6.07, 6.45) is 15.5. The summed E-state index contributed by atoms with van der Waals surface area (Å²) in [7, 11) is -3.98. The highest BCUT2D eigenvalue weighted by Gasteiger charge is 2.20. The first-order chi connectivity index (χ1) is 10.3. The molecule has 1 heterocycles. The standard InChI is InChI=1S/C14H27N2O.BF4/c1-3-4-5-6-7-8-9-12-17-14-16-11-10-15(2)13-16;2-1(3,4)5/h10-11,13H,3-9,12,14H2,1-2H3;/q+1;-1. The van der Waals surface area contributed by atoms with Crippen molar-refractivity contribution in [1.29, 1.82) is 0 Å². The summed E-state index contributed by atoms with van der Waals surface area (Å²) in [6.45, 7) is 3.82. The maximum absolute atomic E-state index is 9.75. The molecule has 1 aromatic heterocycles. The lowest BCUT2D eigenvalue weighted by atomic mass is 10.1. The van der Waals surface area contributed by atoms with E-state index in [1.807, 2.05) is 30.3 Å². The maximum atomic E-state index is 9.75. The van der Waals surface area contributed by atoms with Crippen LogP contribution >= 0.6 is 0 Å². The van der Waals surface area contributed by atoms with E-state index in [0.717, 1.165) is 6.61 Å². The van der Waals surface area contributed by atoms with Crippen LogP contribution in [0, 0.1) is 0 Å². The lowest BCUT2D eigenvalue weighted by Crippen LogP contribution is -2.23. The largest absolute Gasteiger partial charge is 0.673 e. The van der Waals surface area contributed by atoms with Crippen LogP contribution < -0.4 is 4.57 Å². The highest BCUT2D eigenvalue weighted by atomic mass is 19.5. The van der Waals surface area contributed by atoms with Gasteiger partial charge in [-0.2, -0.15) is 0 Å². The van der Waals surface area contributed by atoms with Gasteiger partial charge in [0.2, 0.25) is 6.33 Å². The zero-order valence-electron chi connectivity index (χ0n) is 13.5. The monoisotopic (exact) mass is 326 g/mol. The van der Waals surface area contributed by atoms with Crippen molar-refractivity contribution in [2.24, 2.45) is 7.05 Å². The number of nitrogens with zero attached hydrogens (tertiary/aromatic N) is 2. The molecule has 22 heavy (non-hydrogen) atoms. The van der Waals surface area contributed by atoms with Crippen molar-refractivity contribution in [3.63, 3.8) is 0 Å². The zero-order chi connectivity index (χ0) is 16.8. The number of aromatic nitrogens is 2. The van der Waals surface area contributed by atoms with Crippen molar-refractivity contribution < 1.29 is 26.6 Å². The van der Waals surface area contributed by atoms with E-state index in [4.69, 9.17) is 4.74 Å². The number of hydrogen-bond acceptors (Lipinski definition) is 1.